The van der Waals surface area contributed by atoms with E-state index in [0.29, 0.717) is 32.8 Å². The minimum absolute atomic E-state index is 0.0134. The lowest BCUT2D eigenvalue weighted by molar-refractivity contribution is -0.137. The van der Waals surface area contributed by atoms with Crippen molar-refractivity contribution in [3.63, 3.8) is 0 Å². The summed E-state index contributed by atoms with van der Waals surface area (Å²) in [5, 5.41) is 10.4. The maximum atomic E-state index is 12.8. The van der Waals surface area contributed by atoms with Crippen LogP contribution in [0.5, 0.6) is 5.75 Å². The molecule has 0 aliphatic heterocycles. The molecule has 0 saturated carbocycles. The molecule has 0 atom stereocenters. The van der Waals surface area contributed by atoms with Crippen LogP contribution in [0.2, 0.25) is 0 Å². The molecule has 5 nitrogen and oxygen atoms in total. The topological polar surface area (TPSA) is 52.5 Å². The summed E-state index contributed by atoms with van der Waals surface area (Å²) in [4.78, 5) is 13.7. The van der Waals surface area contributed by atoms with E-state index in [9.17, 15) is 18.3 Å². The van der Waals surface area contributed by atoms with Crippen LogP contribution in [0.3, 0.4) is 0 Å². The molecule has 0 unspecified atom stereocenters. The quantitative estimate of drug-likeness (QED) is 0.677. The van der Waals surface area contributed by atoms with Crippen LogP contribution >= 0.6 is 11.3 Å². The summed E-state index contributed by atoms with van der Waals surface area (Å²) in [5.74, 6) is 1.70. The van der Waals surface area contributed by atoms with Gasteiger partial charge in [-0.3, -0.25) is 0 Å². The molecule has 0 radical (unpaired) electrons. The predicted molar refractivity (Wildman–Crippen MR) is 106 cm³/mol. The van der Waals surface area contributed by atoms with E-state index in [0.717, 1.165) is 12.1 Å². The SMILES string of the molecule is CN(C)c1cc(N(C)C)nc(-c2sc(-c3ccc(C(F)(F)F)cc3)cc2O)n1. The fraction of sp³-hybridized carbons (Fsp3) is 0.263. The van der Waals surface area contributed by atoms with Crippen LogP contribution in [0.4, 0.5) is 24.8 Å². The van der Waals surface area contributed by atoms with Gasteiger partial charge in [0.05, 0.1) is 5.56 Å². The van der Waals surface area contributed by atoms with Gasteiger partial charge < -0.3 is 14.9 Å². The molecule has 0 aliphatic rings. The fourth-order valence-electron chi connectivity index (χ4n) is 2.49. The van der Waals surface area contributed by atoms with E-state index in [2.05, 4.69) is 9.97 Å². The first-order chi connectivity index (χ1) is 13.1. The van der Waals surface area contributed by atoms with Crippen LogP contribution in [0.15, 0.2) is 36.4 Å². The van der Waals surface area contributed by atoms with Crippen LogP contribution in [0.1, 0.15) is 5.56 Å². The predicted octanol–water partition coefficient (Wildman–Crippen LogP) is 4.73. The van der Waals surface area contributed by atoms with E-state index in [4.69, 9.17) is 0 Å². The molecule has 0 spiro atoms. The lowest BCUT2D eigenvalue weighted by Crippen LogP contribution is -2.16. The van der Waals surface area contributed by atoms with Gasteiger partial charge in [-0.1, -0.05) is 12.1 Å². The van der Waals surface area contributed by atoms with E-state index in [1.807, 2.05) is 44.1 Å². The lowest BCUT2D eigenvalue weighted by atomic mass is 10.1. The number of hydrogen-bond acceptors (Lipinski definition) is 6. The Morgan fingerprint density at radius 1 is 0.893 bits per heavy atom. The van der Waals surface area contributed by atoms with Crippen LogP contribution in [-0.4, -0.2) is 43.3 Å². The van der Waals surface area contributed by atoms with Crippen molar-refractivity contribution < 1.29 is 18.3 Å². The molecular formula is C19H19F3N4OS. The molecule has 2 heterocycles. The summed E-state index contributed by atoms with van der Waals surface area (Å²) in [7, 11) is 7.42. The van der Waals surface area contributed by atoms with E-state index >= 15 is 0 Å². The molecule has 3 aromatic rings. The molecule has 28 heavy (non-hydrogen) atoms. The minimum atomic E-state index is -4.38. The van der Waals surface area contributed by atoms with Crippen molar-refractivity contribution in [3.8, 4) is 26.9 Å². The summed E-state index contributed by atoms with van der Waals surface area (Å²) in [6.07, 6.45) is -4.38. The average Bonchev–Trinajstić information content (AvgIpc) is 3.02. The van der Waals surface area contributed by atoms with Crippen molar-refractivity contribution in [1.82, 2.24) is 9.97 Å². The van der Waals surface area contributed by atoms with Crippen molar-refractivity contribution in [2.45, 2.75) is 6.18 Å². The van der Waals surface area contributed by atoms with Gasteiger partial charge in [0.25, 0.3) is 0 Å². The maximum absolute atomic E-state index is 12.8. The van der Waals surface area contributed by atoms with Gasteiger partial charge in [0, 0.05) is 39.1 Å². The normalized spacial score (nSPS) is 11.5. The van der Waals surface area contributed by atoms with Gasteiger partial charge >= 0.3 is 6.18 Å². The number of aromatic nitrogens is 2. The Morgan fingerprint density at radius 3 is 1.89 bits per heavy atom. The zero-order valence-corrected chi connectivity index (χ0v) is 16.6. The highest BCUT2D eigenvalue weighted by Gasteiger charge is 2.30. The third-order valence-electron chi connectivity index (χ3n) is 4.03. The molecule has 0 fully saturated rings. The highest BCUT2D eigenvalue weighted by atomic mass is 32.1. The molecular weight excluding hydrogens is 389 g/mol. The van der Waals surface area contributed by atoms with Crippen molar-refractivity contribution in [2.24, 2.45) is 0 Å². The zero-order chi connectivity index (χ0) is 20.6. The monoisotopic (exact) mass is 408 g/mol. The molecule has 0 amide bonds. The molecule has 1 N–H and O–H groups in total. The molecule has 9 heteroatoms. The fourth-order valence-corrected chi connectivity index (χ4v) is 3.48. The van der Waals surface area contributed by atoms with Gasteiger partial charge in [0.2, 0.25) is 0 Å². The smallest absolute Gasteiger partial charge is 0.416 e. The van der Waals surface area contributed by atoms with Gasteiger partial charge in [-0.15, -0.1) is 11.3 Å². The number of aromatic hydroxyl groups is 1. The highest BCUT2D eigenvalue weighted by Crippen LogP contribution is 2.42. The summed E-state index contributed by atoms with van der Waals surface area (Å²) >= 11 is 1.23. The molecule has 148 valence electrons. The number of alkyl halides is 3. The number of benzene rings is 1. The summed E-state index contributed by atoms with van der Waals surface area (Å²) < 4.78 is 38.3. The zero-order valence-electron chi connectivity index (χ0n) is 15.7. The van der Waals surface area contributed by atoms with E-state index in [-0.39, 0.29) is 5.75 Å². The number of halogens is 3. The van der Waals surface area contributed by atoms with E-state index in [1.165, 1.54) is 29.5 Å². The van der Waals surface area contributed by atoms with Gasteiger partial charge in [-0.05, 0) is 23.8 Å². The first-order valence-corrected chi connectivity index (χ1v) is 9.12. The Morgan fingerprint density at radius 2 is 1.43 bits per heavy atom. The minimum Gasteiger partial charge on any atom is -0.506 e. The summed E-state index contributed by atoms with van der Waals surface area (Å²) in [5.41, 5.74) is -0.133. The number of hydrogen-bond donors (Lipinski definition) is 1. The molecule has 1 aromatic carbocycles. The highest BCUT2D eigenvalue weighted by molar-refractivity contribution is 7.19. The lowest BCUT2D eigenvalue weighted by Gasteiger charge is -2.17. The number of thiophene rings is 1. The Balaban J connectivity index is 2.03. The first-order valence-electron chi connectivity index (χ1n) is 8.31. The summed E-state index contributed by atoms with van der Waals surface area (Å²) in [6.45, 7) is 0. The van der Waals surface area contributed by atoms with Crippen LogP contribution < -0.4 is 9.80 Å². The molecule has 2 aromatic heterocycles. The third kappa shape index (κ3) is 4.04. The first kappa shape index (κ1) is 19.9. The van der Waals surface area contributed by atoms with Gasteiger partial charge in [0.15, 0.2) is 5.82 Å². The maximum Gasteiger partial charge on any atom is 0.416 e. The van der Waals surface area contributed by atoms with Crippen LogP contribution in [-0.2, 0) is 6.18 Å². The van der Waals surface area contributed by atoms with E-state index in [1.54, 1.807) is 0 Å². The van der Waals surface area contributed by atoms with Crippen molar-refractivity contribution in [3.05, 3.63) is 42.0 Å². The second-order valence-electron chi connectivity index (χ2n) is 6.60. The largest absolute Gasteiger partial charge is 0.506 e. The van der Waals surface area contributed by atoms with Crippen LogP contribution in [0.25, 0.3) is 21.1 Å². The second-order valence-corrected chi connectivity index (χ2v) is 7.65. The molecule has 0 saturated heterocycles. The van der Waals surface area contributed by atoms with Gasteiger partial charge in [0.1, 0.15) is 22.3 Å². The number of anilines is 2. The second kappa shape index (κ2) is 7.31. The molecule has 3 rings (SSSR count). The molecule has 0 aliphatic carbocycles. The van der Waals surface area contributed by atoms with Crippen molar-refractivity contribution in [1.29, 1.82) is 0 Å². The Bertz CT molecular complexity index is 956. The average molecular weight is 408 g/mol. The Labute approximate surface area is 164 Å². The van der Waals surface area contributed by atoms with Gasteiger partial charge in [-0.2, -0.15) is 13.2 Å². The Hall–Kier alpha value is -2.81. The van der Waals surface area contributed by atoms with E-state index < -0.39 is 11.7 Å². The standard InChI is InChI=1S/C19H19F3N4OS/c1-25(2)15-10-16(26(3)4)24-18(23-15)17-13(27)9-14(28-17)11-5-7-12(8-6-11)19(20,21)22/h5-10,27H,1-4H3. The third-order valence-corrected chi connectivity index (χ3v) is 5.20. The number of rotatable bonds is 4. The summed E-state index contributed by atoms with van der Waals surface area (Å²) in [6, 6.07) is 8.17. The van der Waals surface area contributed by atoms with Crippen molar-refractivity contribution in [2.75, 3.05) is 38.0 Å². The molecule has 0 bridgehead atoms. The van der Waals surface area contributed by atoms with Gasteiger partial charge in [-0.25, -0.2) is 9.97 Å². The van der Waals surface area contributed by atoms with Crippen molar-refractivity contribution >= 4 is 23.0 Å². The number of nitrogens with zero attached hydrogens (tertiary/aromatic N) is 4. The Kier molecular flexibility index (Phi) is 5.20. The van der Waals surface area contributed by atoms with Crippen LogP contribution in [0, 0.1) is 0 Å².